The van der Waals surface area contributed by atoms with E-state index >= 15 is 0 Å². The van der Waals surface area contributed by atoms with Crippen LogP contribution in [0.1, 0.15) is 41.6 Å². The summed E-state index contributed by atoms with van der Waals surface area (Å²) in [7, 11) is 1.90. The highest BCUT2D eigenvalue weighted by Gasteiger charge is 2.41. The zero-order valence-electron chi connectivity index (χ0n) is 14.1. The number of nitrogens with zero attached hydrogens (tertiary/aromatic N) is 3. The highest BCUT2D eigenvalue weighted by molar-refractivity contribution is 5.94. The zero-order valence-corrected chi connectivity index (χ0v) is 14.1. The number of rotatable bonds is 5. The summed E-state index contributed by atoms with van der Waals surface area (Å²) in [5.74, 6) is 0.310. The molecular weight excluding hydrogens is 292 g/mol. The van der Waals surface area contributed by atoms with Crippen LogP contribution in [0.5, 0.6) is 0 Å². The molecule has 1 unspecified atom stereocenters. The standard InChI is InChI=1S/C16H24N6O/c1-9-14(10(2)22(4)21-9)12-7-13(20-19-12)15(23)18-16(3,8-17)11-5-6-11/h7,11H,5-6,8,17H2,1-4H3,(H,18,23)(H,19,20). The lowest BCUT2D eigenvalue weighted by molar-refractivity contribution is 0.0892. The van der Waals surface area contributed by atoms with E-state index in [4.69, 9.17) is 5.73 Å². The second kappa shape index (κ2) is 5.49. The predicted molar refractivity (Wildman–Crippen MR) is 87.9 cm³/mol. The number of aryl methyl sites for hydroxylation is 2. The summed E-state index contributed by atoms with van der Waals surface area (Å²) >= 11 is 0. The fraction of sp³-hybridized carbons (Fsp3) is 0.562. The van der Waals surface area contributed by atoms with Crippen LogP contribution < -0.4 is 11.1 Å². The van der Waals surface area contributed by atoms with Crippen LogP contribution in [0.2, 0.25) is 0 Å². The normalized spacial score (nSPS) is 17.1. The number of nitrogens with one attached hydrogen (secondary N) is 2. The van der Waals surface area contributed by atoms with Crippen molar-refractivity contribution >= 4 is 5.91 Å². The van der Waals surface area contributed by atoms with Gasteiger partial charge >= 0.3 is 0 Å². The minimum absolute atomic E-state index is 0.164. The highest BCUT2D eigenvalue weighted by atomic mass is 16.2. The summed E-state index contributed by atoms with van der Waals surface area (Å²) in [6.45, 7) is 6.37. The van der Waals surface area contributed by atoms with E-state index in [0.29, 0.717) is 18.2 Å². The van der Waals surface area contributed by atoms with Crippen LogP contribution in [0.15, 0.2) is 6.07 Å². The number of hydrogen-bond acceptors (Lipinski definition) is 4. The summed E-state index contributed by atoms with van der Waals surface area (Å²) in [6, 6.07) is 1.77. The molecule has 2 heterocycles. The molecule has 1 atom stereocenters. The van der Waals surface area contributed by atoms with Gasteiger partial charge in [0.05, 0.1) is 16.9 Å². The molecule has 1 aliphatic carbocycles. The number of hydrogen-bond donors (Lipinski definition) is 3. The van der Waals surface area contributed by atoms with Crippen LogP contribution in [-0.4, -0.2) is 38.0 Å². The van der Waals surface area contributed by atoms with Crippen LogP contribution in [0.25, 0.3) is 11.3 Å². The smallest absolute Gasteiger partial charge is 0.269 e. The number of nitrogens with two attached hydrogens (primary N) is 1. The van der Waals surface area contributed by atoms with Crippen molar-refractivity contribution in [2.45, 2.75) is 39.2 Å². The minimum atomic E-state index is -0.345. The third-order valence-corrected chi connectivity index (χ3v) is 4.89. The van der Waals surface area contributed by atoms with Crippen molar-refractivity contribution in [1.29, 1.82) is 0 Å². The Hall–Kier alpha value is -2.15. The van der Waals surface area contributed by atoms with Crippen molar-refractivity contribution in [3.63, 3.8) is 0 Å². The maximum Gasteiger partial charge on any atom is 0.269 e. The van der Waals surface area contributed by atoms with Crippen molar-refractivity contribution in [3.8, 4) is 11.3 Å². The third-order valence-electron chi connectivity index (χ3n) is 4.89. The average Bonchev–Trinajstić information content (AvgIpc) is 3.21. The first-order valence-corrected chi connectivity index (χ1v) is 7.94. The first-order valence-electron chi connectivity index (χ1n) is 7.94. The fourth-order valence-electron chi connectivity index (χ4n) is 3.08. The first-order chi connectivity index (χ1) is 10.9. The Balaban J connectivity index is 1.83. The highest BCUT2D eigenvalue weighted by Crippen LogP contribution is 2.39. The molecule has 0 saturated heterocycles. The van der Waals surface area contributed by atoms with Crippen LogP contribution in [-0.2, 0) is 7.05 Å². The summed E-state index contributed by atoms with van der Waals surface area (Å²) in [4.78, 5) is 12.5. The van der Waals surface area contributed by atoms with E-state index in [1.54, 1.807) is 6.07 Å². The van der Waals surface area contributed by atoms with E-state index in [9.17, 15) is 4.79 Å². The monoisotopic (exact) mass is 316 g/mol. The van der Waals surface area contributed by atoms with Crippen molar-refractivity contribution < 1.29 is 4.79 Å². The van der Waals surface area contributed by atoms with Gasteiger partial charge in [-0.25, -0.2) is 0 Å². The lowest BCUT2D eigenvalue weighted by Crippen LogP contribution is -2.53. The van der Waals surface area contributed by atoms with Gasteiger partial charge in [-0.2, -0.15) is 10.2 Å². The molecular formula is C16H24N6O. The van der Waals surface area contributed by atoms with Gasteiger partial charge in [0.25, 0.3) is 5.91 Å². The number of aromatic nitrogens is 4. The molecule has 0 radical (unpaired) electrons. The molecule has 2 aromatic heterocycles. The second-order valence-electron chi connectivity index (χ2n) is 6.69. The van der Waals surface area contributed by atoms with E-state index in [0.717, 1.165) is 35.5 Å². The molecule has 1 aliphatic rings. The van der Waals surface area contributed by atoms with E-state index in [1.165, 1.54) is 0 Å². The van der Waals surface area contributed by atoms with Gasteiger partial charge in [-0.1, -0.05) is 0 Å². The van der Waals surface area contributed by atoms with E-state index < -0.39 is 0 Å². The summed E-state index contributed by atoms with van der Waals surface area (Å²) < 4.78 is 1.82. The molecule has 0 spiro atoms. The Labute approximate surface area is 135 Å². The number of carbonyl (C=O) groups is 1. The molecule has 4 N–H and O–H groups in total. The quantitative estimate of drug-likeness (QED) is 0.773. The Morgan fingerprint density at radius 1 is 1.52 bits per heavy atom. The molecule has 7 nitrogen and oxygen atoms in total. The largest absolute Gasteiger partial charge is 0.344 e. The summed E-state index contributed by atoms with van der Waals surface area (Å²) in [5.41, 5.74) is 9.58. The maximum absolute atomic E-state index is 12.5. The number of carbonyl (C=O) groups excluding carboxylic acids is 1. The van der Waals surface area contributed by atoms with Gasteiger partial charge < -0.3 is 11.1 Å². The van der Waals surface area contributed by atoms with Crippen LogP contribution >= 0.6 is 0 Å². The average molecular weight is 316 g/mol. The van der Waals surface area contributed by atoms with Gasteiger partial charge in [-0.3, -0.25) is 14.6 Å². The zero-order chi connectivity index (χ0) is 16.8. The lowest BCUT2D eigenvalue weighted by Gasteiger charge is -2.29. The molecule has 1 amide bonds. The Morgan fingerprint density at radius 3 is 2.74 bits per heavy atom. The second-order valence-corrected chi connectivity index (χ2v) is 6.69. The molecule has 1 fully saturated rings. The SMILES string of the molecule is Cc1nn(C)c(C)c1-c1cc(C(=O)NC(C)(CN)C2CC2)[nH]n1. The predicted octanol–water partition coefficient (Wildman–Crippen LogP) is 1.28. The molecule has 3 rings (SSSR count). The molecule has 0 aromatic carbocycles. The van der Waals surface area contributed by atoms with Gasteiger partial charge in [-0.15, -0.1) is 0 Å². The lowest BCUT2D eigenvalue weighted by atomic mass is 9.96. The first kappa shape index (κ1) is 15.7. The van der Waals surface area contributed by atoms with E-state index in [-0.39, 0.29) is 11.4 Å². The van der Waals surface area contributed by atoms with E-state index in [1.807, 2.05) is 32.5 Å². The van der Waals surface area contributed by atoms with Crippen LogP contribution in [0.4, 0.5) is 0 Å². The van der Waals surface area contributed by atoms with Gasteiger partial charge in [0.1, 0.15) is 5.69 Å². The minimum Gasteiger partial charge on any atom is -0.344 e. The van der Waals surface area contributed by atoms with Gasteiger partial charge in [0.15, 0.2) is 0 Å². The molecule has 23 heavy (non-hydrogen) atoms. The fourth-order valence-corrected chi connectivity index (χ4v) is 3.08. The summed E-state index contributed by atoms with van der Waals surface area (Å²) in [6.07, 6.45) is 2.24. The number of H-pyrrole nitrogens is 1. The Morgan fingerprint density at radius 2 is 2.22 bits per heavy atom. The van der Waals surface area contributed by atoms with Crippen molar-refractivity contribution in [1.82, 2.24) is 25.3 Å². The van der Waals surface area contributed by atoms with Gasteiger partial charge in [0.2, 0.25) is 0 Å². The van der Waals surface area contributed by atoms with Crippen molar-refractivity contribution in [3.05, 3.63) is 23.1 Å². The third kappa shape index (κ3) is 2.76. The molecule has 0 aliphatic heterocycles. The molecule has 1 saturated carbocycles. The van der Waals surface area contributed by atoms with E-state index in [2.05, 4.69) is 20.6 Å². The Bertz CT molecular complexity index is 742. The summed E-state index contributed by atoms with van der Waals surface area (Å²) in [5, 5.41) is 14.6. The van der Waals surface area contributed by atoms with Crippen molar-refractivity contribution in [2.75, 3.05) is 6.54 Å². The molecule has 2 aromatic rings. The number of amides is 1. The molecule has 124 valence electrons. The Kier molecular flexibility index (Phi) is 3.75. The van der Waals surface area contributed by atoms with Crippen LogP contribution in [0, 0.1) is 19.8 Å². The molecule has 7 heteroatoms. The van der Waals surface area contributed by atoms with Crippen molar-refractivity contribution in [2.24, 2.45) is 18.7 Å². The van der Waals surface area contributed by atoms with Gasteiger partial charge in [0, 0.05) is 24.8 Å². The maximum atomic E-state index is 12.5. The number of aromatic amines is 1. The molecule has 0 bridgehead atoms. The topological polar surface area (TPSA) is 102 Å². The van der Waals surface area contributed by atoms with Gasteiger partial charge in [-0.05, 0) is 45.6 Å². The van der Waals surface area contributed by atoms with Crippen LogP contribution in [0.3, 0.4) is 0 Å².